The lowest BCUT2D eigenvalue weighted by atomic mass is 9.76. The van der Waals surface area contributed by atoms with Crippen LogP contribution in [0, 0.1) is 0 Å². The summed E-state index contributed by atoms with van der Waals surface area (Å²) in [6, 6.07) is 2.06. The smallest absolute Gasteiger partial charge is 0.158 e. The molecule has 0 radical (unpaired) electrons. The van der Waals surface area contributed by atoms with E-state index in [2.05, 4.69) is 26.9 Å². The summed E-state index contributed by atoms with van der Waals surface area (Å²) in [5, 5.41) is 2.05. The maximum atomic E-state index is 12.7. The molecule has 0 saturated heterocycles. The molecule has 0 N–H and O–H groups in total. The lowest BCUT2D eigenvalue weighted by Gasteiger charge is -2.41. The van der Waals surface area contributed by atoms with Gasteiger partial charge in [-0.1, -0.05) is 19.3 Å². The van der Waals surface area contributed by atoms with Gasteiger partial charge in [0.25, 0.3) is 0 Å². The molecule has 0 spiro atoms. The largest absolute Gasteiger partial charge is 0.297 e. The van der Waals surface area contributed by atoms with Gasteiger partial charge in [-0.15, -0.1) is 11.3 Å². The Hall–Kier alpha value is -0.190. The third-order valence-corrected chi connectivity index (χ3v) is 5.71. The molecule has 0 atom stereocenters. The maximum absolute atomic E-state index is 12.7. The van der Waals surface area contributed by atoms with E-state index in [0.29, 0.717) is 12.2 Å². The normalized spacial score (nSPS) is 19.1. The second-order valence-corrected chi connectivity index (χ2v) is 7.23. The van der Waals surface area contributed by atoms with E-state index in [4.69, 9.17) is 0 Å². The number of Topliss-reactive ketones (excluding diaryl/α,β-unsaturated/α-hetero) is 1. The van der Waals surface area contributed by atoms with Gasteiger partial charge < -0.3 is 0 Å². The SMILES string of the molecule is CN(C)C1(C(=O)Cc2cc(Br)cs2)CCCCC1. The van der Waals surface area contributed by atoms with Crippen molar-refractivity contribution in [2.45, 2.75) is 44.1 Å². The average Bonchev–Trinajstić information content (AvgIpc) is 2.75. The van der Waals surface area contributed by atoms with Gasteiger partial charge in [0.1, 0.15) is 0 Å². The molecule has 1 heterocycles. The minimum atomic E-state index is -0.214. The van der Waals surface area contributed by atoms with Crippen molar-refractivity contribution in [3.05, 3.63) is 20.8 Å². The molecule has 2 rings (SSSR count). The van der Waals surface area contributed by atoms with Gasteiger partial charge in [0.05, 0.1) is 5.54 Å². The van der Waals surface area contributed by atoms with Gasteiger partial charge in [-0.2, -0.15) is 0 Å². The first kappa shape index (κ1) is 14.2. The summed E-state index contributed by atoms with van der Waals surface area (Å²) >= 11 is 5.12. The molecule has 4 heteroatoms. The number of likely N-dealkylation sites (N-methyl/N-ethyl adjacent to an activating group) is 1. The van der Waals surface area contributed by atoms with Crippen molar-refractivity contribution in [1.29, 1.82) is 0 Å². The molecule has 1 fully saturated rings. The van der Waals surface area contributed by atoms with Crippen LogP contribution in [0.4, 0.5) is 0 Å². The molecule has 0 aromatic carbocycles. The molecule has 0 bridgehead atoms. The zero-order valence-electron chi connectivity index (χ0n) is 11.0. The van der Waals surface area contributed by atoms with Crippen LogP contribution in [0.25, 0.3) is 0 Å². The zero-order valence-corrected chi connectivity index (χ0v) is 13.4. The summed E-state index contributed by atoms with van der Waals surface area (Å²) in [4.78, 5) is 16.0. The first-order chi connectivity index (χ1) is 8.54. The standard InChI is InChI=1S/C14H20BrNOS/c1-16(2)14(6-4-3-5-7-14)13(17)9-12-8-11(15)10-18-12/h8,10H,3-7,9H2,1-2H3. The van der Waals surface area contributed by atoms with Gasteiger partial charge in [0, 0.05) is 21.2 Å². The van der Waals surface area contributed by atoms with Gasteiger partial charge in [-0.05, 0) is 48.9 Å². The quantitative estimate of drug-likeness (QED) is 0.835. The Kier molecular flexibility index (Phi) is 4.62. The Morgan fingerprint density at radius 2 is 2.06 bits per heavy atom. The highest BCUT2D eigenvalue weighted by Crippen LogP contribution is 2.34. The number of halogens is 1. The first-order valence-electron chi connectivity index (χ1n) is 6.48. The molecule has 1 aliphatic rings. The summed E-state index contributed by atoms with van der Waals surface area (Å²) in [5.74, 6) is 0.390. The number of hydrogen-bond acceptors (Lipinski definition) is 3. The predicted molar refractivity (Wildman–Crippen MR) is 80.2 cm³/mol. The topological polar surface area (TPSA) is 20.3 Å². The van der Waals surface area contributed by atoms with Crippen LogP contribution in [0.3, 0.4) is 0 Å². The lowest BCUT2D eigenvalue weighted by Crippen LogP contribution is -2.53. The minimum absolute atomic E-state index is 0.214. The number of hydrogen-bond donors (Lipinski definition) is 0. The molecule has 18 heavy (non-hydrogen) atoms. The van der Waals surface area contributed by atoms with Gasteiger partial charge in [0.15, 0.2) is 5.78 Å². The number of ketones is 1. The summed E-state index contributed by atoms with van der Waals surface area (Å²) in [5.41, 5.74) is -0.214. The molecular weight excluding hydrogens is 310 g/mol. The number of thiophene rings is 1. The highest BCUT2D eigenvalue weighted by atomic mass is 79.9. The lowest BCUT2D eigenvalue weighted by molar-refractivity contribution is -0.131. The molecular formula is C14H20BrNOS. The molecule has 0 unspecified atom stereocenters. The summed E-state index contributed by atoms with van der Waals surface area (Å²) in [6.45, 7) is 0. The van der Waals surface area contributed by atoms with Crippen LogP contribution >= 0.6 is 27.3 Å². The van der Waals surface area contributed by atoms with Gasteiger partial charge >= 0.3 is 0 Å². The Morgan fingerprint density at radius 1 is 1.39 bits per heavy atom. The summed E-state index contributed by atoms with van der Waals surface area (Å²) in [6.07, 6.45) is 6.24. The van der Waals surface area contributed by atoms with Crippen molar-refractivity contribution < 1.29 is 4.79 Å². The number of rotatable bonds is 4. The Bertz CT molecular complexity index is 421. The van der Waals surface area contributed by atoms with E-state index in [-0.39, 0.29) is 5.54 Å². The molecule has 0 amide bonds. The van der Waals surface area contributed by atoms with Crippen molar-refractivity contribution in [1.82, 2.24) is 4.90 Å². The number of carbonyl (C=O) groups is 1. The van der Waals surface area contributed by atoms with E-state index in [1.165, 1.54) is 24.1 Å². The van der Waals surface area contributed by atoms with E-state index in [1.807, 2.05) is 19.5 Å². The van der Waals surface area contributed by atoms with Crippen LogP contribution in [-0.4, -0.2) is 30.3 Å². The third kappa shape index (κ3) is 2.86. The first-order valence-corrected chi connectivity index (χ1v) is 8.15. The fourth-order valence-corrected chi connectivity index (χ4v) is 4.33. The molecule has 1 saturated carbocycles. The van der Waals surface area contributed by atoms with Gasteiger partial charge in [-0.3, -0.25) is 9.69 Å². The molecule has 2 nitrogen and oxygen atoms in total. The van der Waals surface area contributed by atoms with Crippen LogP contribution in [0.2, 0.25) is 0 Å². The van der Waals surface area contributed by atoms with Crippen molar-refractivity contribution >= 4 is 33.0 Å². The van der Waals surface area contributed by atoms with Crippen LogP contribution in [0.1, 0.15) is 37.0 Å². The number of nitrogens with zero attached hydrogens (tertiary/aromatic N) is 1. The molecule has 100 valence electrons. The highest BCUT2D eigenvalue weighted by Gasteiger charge is 2.40. The van der Waals surface area contributed by atoms with E-state index in [0.717, 1.165) is 17.3 Å². The second-order valence-electron chi connectivity index (χ2n) is 5.32. The molecule has 0 aliphatic heterocycles. The predicted octanol–water partition coefficient (Wildman–Crippen LogP) is 3.89. The van der Waals surface area contributed by atoms with Gasteiger partial charge in [-0.25, -0.2) is 0 Å². The molecule has 1 aliphatic carbocycles. The average molecular weight is 330 g/mol. The van der Waals surface area contributed by atoms with E-state index in [9.17, 15) is 4.79 Å². The van der Waals surface area contributed by atoms with E-state index < -0.39 is 0 Å². The maximum Gasteiger partial charge on any atom is 0.158 e. The summed E-state index contributed by atoms with van der Waals surface area (Å²) < 4.78 is 1.08. The zero-order chi connectivity index (χ0) is 13.2. The third-order valence-electron chi connectivity index (χ3n) is 4.01. The van der Waals surface area contributed by atoms with Crippen LogP contribution < -0.4 is 0 Å². The van der Waals surface area contributed by atoms with Gasteiger partial charge in [0.2, 0.25) is 0 Å². The fraction of sp³-hybridized carbons (Fsp3) is 0.643. The Balaban J connectivity index is 2.13. The molecule has 1 aromatic rings. The Labute approximate surface area is 122 Å². The number of carbonyl (C=O) groups excluding carboxylic acids is 1. The van der Waals surface area contributed by atoms with Crippen molar-refractivity contribution in [2.75, 3.05) is 14.1 Å². The minimum Gasteiger partial charge on any atom is -0.297 e. The highest BCUT2D eigenvalue weighted by molar-refractivity contribution is 9.10. The van der Waals surface area contributed by atoms with E-state index in [1.54, 1.807) is 11.3 Å². The van der Waals surface area contributed by atoms with Crippen molar-refractivity contribution in [3.63, 3.8) is 0 Å². The van der Waals surface area contributed by atoms with Crippen LogP contribution in [0.15, 0.2) is 15.9 Å². The van der Waals surface area contributed by atoms with Crippen LogP contribution in [-0.2, 0) is 11.2 Å². The van der Waals surface area contributed by atoms with Crippen molar-refractivity contribution in [3.8, 4) is 0 Å². The second kappa shape index (κ2) is 5.85. The molecule has 1 aromatic heterocycles. The summed E-state index contributed by atoms with van der Waals surface area (Å²) in [7, 11) is 4.10. The monoisotopic (exact) mass is 329 g/mol. The Morgan fingerprint density at radius 3 is 2.56 bits per heavy atom. The van der Waals surface area contributed by atoms with Crippen LogP contribution in [0.5, 0.6) is 0 Å². The van der Waals surface area contributed by atoms with Crippen molar-refractivity contribution in [2.24, 2.45) is 0 Å². The van der Waals surface area contributed by atoms with E-state index >= 15 is 0 Å². The fourth-order valence-electron chi connectivity index (χ4n) is 2.88.